The lowest BCUT2D eigenvalue weighted by Gasteiger charge is -2.15. The van der Waals surface area contributed by atoms with Gasteiger partial charge in [-0.3, -0.25) is 0 Å². The third-order valence-electron chi connectivity index (χ3n) is 2.56. The average molecular weight is 229 g/mol. The van der Waals surface area contributed by atoms with Crippen molar-refractivity contribution in [2.75, 3.05) is 6.61 Å². The summed E-state index contributed by atoms with van der Waals surface area (Å²) < 4.78 is 10.6. The SMILES string of the molecule is NCc1nc(C2=Cc3ccccc3OC2)no1. The predicted octanol–water partition coefficient (Wildman–Crippen LogP) is 1.46. The summed E-state index contributed by atoms with van der Waals surface area (Å²) in [5, 5.41) is 3.87. The summed E-state index contributed by atoms with van der Waals surface area (Å²) in [6.45, 7) is 0.693. The Hall–Kier alpha value is -2.14. The molecular formula is C12H11N3O2. The molecular weight excluding hydrogens is 218 g/mol. The van der Waals surface area contributed by atoms with Crippen molar-refractivity contribution in [1.82, 2.24) is 10.1 Å². The Bertz CT molecular complexity index is 575. The van der Waals surface area contributed by atoms with E-state index in [4.69, 9.17) is 15.0 Å². The molecule has 5 heteroatoms. The fourth-order valence-corrected chi connectivity index (χ4v) is 1.71. The number of nitrogens with zero attached hydrogens (tertiary/aromatic N) is 2. The highest BCUT2D eigenvalue weighted by Crippen LogP contribution is 2.28. The van der Waals surface area contributed by atoms with Gasteiger partial charge in [0.2, 0.25) is 11.7 Å². The molecule has 5 nitrogen and oxygen atoms in total. The molecule has 17 heavy (non-hydrogen) atoms. The Kier molecular flexibility index (Phi) is 2.38. The molecule has 1 aliphatic rings. The molecule has 0 unspecified atom stereocenters. The van der Waals surface area contributed by atoms with Gasteiger partial charge in [0.05, 0.1) is 6.54 Å². The maximum Gasteiger partial charge on any atom is 0.240 e. The first-order valence-electron chi connectivity index (χ1n) is 5.32. The molecule has 0 atom stereocenters. The molecule has 0 spiro atoms. The van der Waals surface area contributed by atoms with Gasteiger partial charge in [0.15, 0.2) is 0 Å². The lowest BCUT2D eigenvalue weighted by molar-refractivity contribution is 0.360. The van der Waals surface area contributed by atoms with Gasteiger partial charge >= 0.3 is 0 Å². The van der Waals surface area contributed by atoms with Crippen LogP contribution in [0.3, 0.4) is 0 Å². The van der Waals surface area contributed by atoms with Crippen LogP contribution in [-0.4, -0.2) is 16.7 Å². The Balaban J connectivity index is 1.98. The monoisotopic (exact) mass is 229 g/mol. The van der Waals surface area contributed by atoms with E-state index in [9.17, 15) is 0 Å². The van der Waals surface area contributed by atoms with E-state index in [0.717, 1.165) is 16.9 Å². The summed E-state index contributed by atoms with van der Waals surface area (Å²) in [5.74, 6) is 1.85. The quantitative estimate of drug-likeness (QED) is 0.843. The van der Waals surface area contributed by atoms with Crippen LogP contribution in [-0.2, 0) is 6.54 Å². The molecule has 1 aromatic carbocycles. The van der Waals surface area contributed by atoms with Gasteiger partial charge in [0.25, 0.3) is 0 Å². The lowest BCUT2D eigenvalue weighted by atomic mass is 10.1. The van der Waals surface area contributed by atoms with Crippen molar-refractivity contribution in [3.8, 4) is 5.75 Å². The molecule has 2 aromatic rings. The molecule has 0 radical (unpaired) electrons. The van der Waals surface area contributed by atoms with E-state index in [1.165, 1.54) is 0 Å². The molecule has 1 aromatic heterocycles. The van der Waals surface area contributed by atoms with Gasteiger partial charge in [-0.15, -0.1) is 0 Å². The first-order chi connectivity index (χ1) is 8.36. The van der Waals surface area contributed by atoms with Crippen LogP contribution in [0.25, 0.3) is 11.6 Å². The van der Waals surface area contributed by atoms with Crippen LogP contribution in [0.15, 0.2) is 28.8 Å². The van der Waals surface area contributed by atoms with Crippen molar-refractivity contribution >= 4 is 11.6 Å². The Labute approximate surface area is 97.9 Å². The van der Waals surface area contributed by atoms with E-state index < -0.39 is 0 Å². The summed E-state index contributed by atoms with van der Waals surface area (Å²) >= 11 is 0. The van der Waals surface area contributed by atoms with Crippen LogP contribution in [0.5, 0.6) is 5.75 Å². The fraction of sp³-hybridized carbons (Fsp3) is 0.167. The van der Waals surface area contributed by atoms with E-state index in [1.807, 2.05) is 30.3 Å². The number of aromatic nitrogens is 2. The molecule has 1 aliphatic heterocycles. The maximum absolute atomic E-state index is 5.61. The van der Waals surface area contributed by atoms with Crippen LogP contribution in [0.4, 0.5) is 0 Å². The summed E-state index contributed by atoms with van der Waals surface area (Å²) in [7, 11) is 0. The van der Waals surface area contributed by atoms with Crippen molar-refractivity contribution < 1.29 is 9.26 Å². The molecule has 0 saturated heterocycles. The van der Waals surface area contributed by atoms with E-state index >= 15 is 0 Å². The average Bonchev–Trinajstić information content (AvgIpc) is 2.87. The van der Waals surface area contributed by atoms with Crippen LogP contribution >= 0.6 is 0 Å². The predicted molar refractivity (Wildman–Crippen MR) is 62.0 cm³/mol. The van der Waals surface area contributed by atoms with Gasteiger partial charge in [-0.2, -0.15) is 4.98 Å². The van der Waals surface area contributed by atoms with E-state index in [2.05, 4.69) is 10.1 Å². The van der Waals surface area contributed by atoms with Crippen molar-refractivity contribution in [3.63, 3.8) is 0 Å². The zero-order chi connectivity index (χ0) is 11.7. The number of hydrogen-bond acceptors (Lipinski definition) is 5. The second-order valence-corrected chi connectivity index (χ2v) is 3.71. The minimum absolute atomic E-state index is 0.248. The summed E-state index contributed by atoms with van der Waals surface area (Å²) in [6, 6.07) is 7.82. The van der Waals surface area contributed by atoms with Crippen LogP contribution < -0.4 is 10.5 Å². The van der Waals surface area contributed by atoms with Crippen molar-refractivity contribution in [1.29, 1.82) is 0 Å². The standard InChI is InChI=1S/C12H11N3O2/c13-6-11-14-12(15-17-11)9-5-8-3-1-2-4-10(8)16-7-9/h1-5H,6-7,13H2. The number of hydrogen-bond donors (Lipinski definition) is 1. The smallest absolute Gasteiger partial charge is 0.240 e. The summed E-state index contributed by atoms with van der Waals surface area (Å²) in [4.78, 5) is 4.17. The number of benzene rings is 1. The fourth-order valence-electron chi connectivity index (χ4n) is 1.71. The molecule has 0 bridgehead atoms. The minimum Gasteiger partial charge on any atom is -0.488 e. The third kappa shape index (κ3) is 1.81. The third-order valence-corrected chi connectivity index (χ3v) is 2.56. The van der Waals surface area contributed by atoms with Crippen LogP contribution in [0, 0.1) is 0 Å². The van der Waals surface area contributed by atoms with Gasteiger partial charge in [0.1, 0.15) is 12.4 Å². The van der Waals surface area contributed by atoms with Crippen molar-refractivity contribution in [2.24, 2.45) is 5.73 Å². The Morgan fingerprint density at radius 3 is 3.00 bits per heavy atom. The maximum atomic E-state index is 5.61. The lowest BCUT2D eigenvalue weighted by Crippen LogP contribution is -2.07. The number of ether oxygens (including phenoxy) is 1. The number of rotatable bonds is 2. The molecule has 0 aliphatic carbocycles. The second kappa shape index (κ2) is 4.03. The highest BCUT2D eigenvalue weighted by atomic mass is 16.5. The van der Waals surface area contributed by atoms with Crippen LogP contribution in [0.1, 0.15) is 17.3 Å². The van der Waals surface area contributed by atoms with E-state index in [-0.39, 0.29) is 6.54 Å². The highest BCUT2D eigenvalue weighted by Gasteiger charge is 2.16. The zero-order valence-electron chi connectivity index (χ0n) is 9.09. The first kappa shape index (κ1) is 10.0. The number of para-hydroxylation sites is 1. The first-order valence-corrected chi connectivity index (χ1v) is 5.32. The van der Waals surface area contributed by atoms with Crippen molar-refractivity contribution in [3.05, 3.63) is 41.5 Å². The van der Waals surface area contributed by atoms with Gasteiger partial charge in [-0.25, -0.2) is 0 Å². The number of nitrogens with two attached hydrogens (primary N) is 1. The van der Waals surface area contributed by atoms with Gasteiger partial charge < -0.3 is 15.0 Å². The minimum atomic E-state index is 0.248. The zero-order valence-corrected chi connectivity index (χ0v) is 9.09. The Morgan fingerprint density at radius 2 is 2.18 bits per heavy atom. The van der Waals surface area contributed by atoms with Gasteiger partial charge in [0, 0.05) is 11.1 Å². The number of fused-ring (bicyclic) bond motifs is 1. The topological polar surface area (TPSA) is 74.2 Å². The molecule has 0 saturated carbocycles. The summed E-state index contributed by atoms with van der Waals surface area (Å²) in [6.07, 6.45) is 2.00. The molecule has 86 valence electrons. The molecule has 0 fully saturated rings. The largest absolute Gasteiger partial charge is 0.488 e. The van der Waals surface area contributed by atoms with Gasteiger partial charge in [-0.05, 0) is 12.1 Å². The highest BCUT2D eigenvalue weighted by molar-refractivity contribution is 5.82. The molecule has 0 amide bonds. The van der Waals surface area contributed by atoms with Crippen LogP contribution in [0.2, 0.25) is 0 Å². The van der Waals surface area contributed by atoms with E-state index in [0.29, 0.717) is 18.3 Å². The molecule has 2 N–H and O–H groups in total. The van der Waals surface area contributed by atoms with E-state index in [1.54, 1.807) is 0 Å². The molecule has 3 rings (SSSR count). The van der Waals surface area contributed by atoms with Crippen molar-refractivity contribution in [2.45, 2.75) is 6.54 Å². The normalized spacial score (nSPS) is 13.8. The summed E-state index contributed by atoms with van der Waals surface area (Å²) in [5.41, 5.74) is 7.34. The second-order valence-electron chi connectivity index (χ2n) is 3.71. The van der Waals surface area contributed by atoms with Gasteiger partial charge in [-0.1, -0.05) is 23.4 Å². The molecule has 2 heterocycles. The Morgan fingerprint density at radius 1 is 1.29 bits per heavy atom.